The second-order valence-electron chi connectivity index (χ2n) is 6.38. The minimum absolute atomic E-state index is 0.0327. The molecule has 0 fully saturated rings. The van der Waals surface area contributed by atoms with Gasteiger partial charge in [0.1, 0.15) is 11.2 Å². The standard InChI is InChI=1S/C19H17N3O2/c20-18(24)16-10-22-19-15(17(16)23)8-12(9-21-19)5-11-6-13-3-1-2-4-14(13)7-11/h1-4,8-11H,5-7H2,(H2,20,24)(H,21,22,23). The molecule has 120 valence electrons. The Balaban J connectivity index is 1.65. The van der Waals surface area contributed by atoms with Crippen molar-refractivity contribution in [1.29, 1.82) is 0 Å². The first-order chi connectivity index (χ1) is 11.6. The van der Waals surface area contributed by atoms with Crippen molar-refractivity contribution in [3.63, 3.8) is 0 Å². The maximum atomic E-state index is 12.4. The second kappa shape index (κ2) is 5.60. The molecule has 1 aliphatic rings. The lowest BCUT2D eigenvalue weighted by Crippen LogP contribution is -2.22. The number of fused-ring (bicyclic) bond motifs is 2. The summed E-state index contributed by atoms with van der Waals surface area (Å²) in [6.07, 6.45) is 6.08. The van der Waals surface area contributed by atoms with Gasteiger partial charge in [0, 0.05) is 12.4 Å². The Morgan fingerprint density at radius 3 is 2.62 bits per heavy atom. The van der Waals surface area contributed by atoms with Crippen molar-refractivity contribution < 1.29 is 4.79 Å². The van der Waals surface area contributed by atoms with Gasteiger partial charge in [-0.1, -0.05) is 24.3 Å². The fraction of sp³-hybridized carbons (Fsp3) is 0.211. The number of amides is 1. The predicted octanol–water partition coefficient (Wildman–Crippen LogP) is 1.98. The van der Waals surface area contributed by atoms with Crippen LogP contribution in [0.5, 0.6) is 0 Å². The molecule has 0 atom stereocenters. The molecule has 1 aliphatic carbocycles. The lowest BCUT2D eigenvalue weighted by atomic mass is 9.97. The van der Waals surface area contributed by atoms with Crippen LogP contribution >= 0.6 is 0 Å². The first-order valence-corrected chi connectivity index (χ1v) is 7.98. The van der Waals surface area contributed by atoms with Crippen molar-refractivity contribution in [2.24, 2.45) is 11.7 Å². The lowest BCUT2D eigenvalue weighted by molar-refractivity contribution is 0.0999. The summed E-state index contributed by atoms with van der Waals surface area (Å²) in [4.78, 5) is 30.9. The Morgan fingerprint density at radius 1 is 1.25 bits per heavy atom. The highest BCUT2D eigenvalue weighted by Crippen LogP contribution is 2.29. The molecule has 4 rings (SSSR count). The largest absolute Gasteiger partial charge is 0.365 e. The molecule has 0 spiro atoms. The van der Waals surface area contributed by atoms with E-state index in [-0.39, 0.29) is 11.0 Å². The number of primary amides is 1. The quantitative estimate of drug-likeness (QED) is 0.773. The molecule has 1 amide bonds. The van der Waals surface area contributed by atoms with Crippen molar-refractivity contribution in [2.45, 2.75) is 19.3 Å². The number of nitrogens with zero attached hydrogens (tertiary/aromatic N) is 1. The van der Waals surface area contributed by atoms with E-state index in [4.69, 9.17) is 5.73 Å². The van der Waals surface area contributed by atoms with Crippen LogP contribution in [0.4, 0.5) is 0 Å². The van der Waals surface area contributed by atoms with E-state index in [2.05, 4.69) is 34.2 Å². The summed E-state index contributed by atoms with van der Waals surface area (Å²) in [7, 11) is 0. The third-order valence-corrected chi connectivity index (χ3v) is 4.71. The predicted molar refractivity (Wildman–Crippen MR) is 91.9 cm³/mol. The molecule has 24 heavy (non-hydrogen) atoms. The summed E-state index contributed by atoms with van der Waals surface area (Å²) in [6, 6.07) is 10.3. The second-order valence-corrected chi connectivity index (χ2v) is 6.38. The van der Waals surface area contributed by atoms with Gasteiger partial charge in [0.25, 0.3) is 5.91 Å². The lowest BCUT2D eigenvalue weighted by Gasteiger charge is -2.09. The Morgan fingerprint density at radius 2 is 1.96 bits per heavy atom. The van der Waals surface area contributed by atoms with Gasteiger partial charge in [-0.2, -0.15) is 0 Å². The van der Waals surface area contributed by atoms with Gasteiger partial charge in [0.15, 0.2) is 0 Å². The number of hydrogen-bond acceptors (Lipinski definition) is 3. The molecular formula is C19H17N3O2. The number of nitrogens with two attached hydrogens (primary N) is 1. The van der Waals surface area contributed by atoms with Crippen molar-refractivity contribution in [2.75, 3.05) is 0 Å². The van der Waals surface area contributed by atoms with E-state index in [1.165, 1.54) is 17.3 Å². The van der Waals surface area contributed by atoms with E-state index in [1.807, 2.05) is 6.07 Å². The summed E-state index contributed by atoms with van der Waals surface area (Å²) in [5.41, 5.74) is 9.15. The van der Waals surface area contributed by atoms with Crippen LogP contribution in [0.3, 0.4) is 0 Å². The SMILES string of the molecule is NC(=O)c1c[nH]c2ncc(CC3Cc4ccccc4C3)cc2c1=O. The minimum Gasteiger partial charge on any atom is -0.365 e. The maximum absolute atomic E-state index is 12.4. The number of H-pyrrole nitrogens is 1. The zero-order valence-corrected chi connectivity index (χ0v) is 13.1. The average Bonchev–Trinajstić information content (AvgIpc) is 2.97. The monoisotopic (exact) mass is 319 g/mol. The molecule has 5 nitrogen and oxygen atoms in total. The summed E-state index contributed by atoms with van der Waals surface area (Å²) >= 11 is 0. The van der Waals surface area contributed by atoms with Gasteiger partial charge in [0.2, 0.25) is 5.43 Å². The fourth-order valence-electron chi connectivity index (χ4n) is 3.57. The highest BCUT2D eigenvalue weighted by Gasteiger charge is 2.21. The molecule has 0 saturated heterocycles. The van der Waals surface area contributed by atoms with Gasteiger partial charge in [0.05, 0.1) is 5.39 Å². The third kappa shape index (κ3) is 2.48. The van der Waals surface area contributed by atoms with Crippen LogP contribution in [-0.2, 0) is 19.3 Å². The topological polar surface area (TPSA) is 88.8 Å². The smallest absolute Gasteiger partial charge is 0.254 e. The first kappa shape index (κ1) is 14.6. The van der Waals surface area contributed by atoms with Crippen molar-refractivity contribution in [3.05, 3.63) is 75.2 Å². The summed E-state index contributed by atoms with van der Waals surface area (Å²) in [6.45, 7) is 0. The van der Waals surface area contributed by atoms with Gasteiger partial charge in [-0.15, -0.1) is 0 Å². The number of pyridine rings is 2. The molecule has 0 radical (unpaired) electrons. The van der Waals surface area contributed by atoms with Crippen LogP contribution in [0.25, 0.3) is 11.0 Å². The zero-order valence-electron chi connectivity index (χ0n) is 13.1. The summed E-state index contributed by atoms with van der Waals surface area (Å²) in [5, 5.41) is 0.416. The molecule has 5 heteroatoms. The average molecular weight is 319 g/mol. The van der Waals surface area contributed by atoms with E-state index in [1.54, 1.807) is 6.20 Å². The Bertz CT molecular complexity index is 982. The van der Waals surface area contributed by atoms with E-state index in [0.29, 0.717) is 17.0 Å². The normalized spacial score (nSPS) is 14.0. The van der Waals surface area contributed by atoms with Gasteiger partial charge in [-0.3, -0.25) is 9.59 Å². The summed E-state index contributed by atoms with van der Waals surface area (Å²) in [5.74, 6) is -0.213. The van der Waals surface area contributed by atoms with Crippen LogP contribution in [0.15, 0.2) is 47.5 Å². The molecule has 0 bridgehead atoms. The van der Waals surface area contributed by atoms with Gasteiger partial charge in [-0.25, -0.2) is 4.98 Å². The van der Waals surface area contributed by atoms with Crippen LogP contribution in [-0.4, -0.2) is 15.9 Å². The maximum Gasteiger partial charge on any atom is 0.254 e. The number of carbonyl (C=O) groups excluding carboxylic acids is 1. The van der Waals surface area contributed by atoms with Gasteiger partial charge in [-0.05, 0) is 47.9 Å². The molecule has 3 N–H and O–H groups in total. The van der Waals surface area contributed by atoms with Crippen LogP contribution < -0.4 is 11.2 Å². The molecule has 0 saturated carbocycles. The number of rotatable bonds is 3. The molecule has 2 heterocycles. The number of aromatic amines is 1. The van der Waals surface area contributed by atoms with Gasteiger partial charge < -0.3 is 10.7 Å². The van der Waals surface area contributed by atoms with E-state index < -0.39 is 5.91 Å². The Labute approximate surface area is 138 Å². The third-order valence-electron chi connectivity index (χ3n) is 4.71. The number of benzene rings is 1. The molecule has 2 aromatic heterocycles. The number of carbonyl (C=O) groups is 1. The Hall–Kier alpha value is -2.95. The Kier molecular flexibility index (Phi) is 3.41. The van der Waals surface area contributed by atoms with Crippen LogP contribution in [0, 0.1) is 5.92 Å². The van der Waals surface area contributed by atoms with Crippen LogP contribution in [0.1, 0.15) is 27.0 Å². The highest BCUT2D eigenvalue weighted by atomic mass is 16.2. The van der Waals surface area contributed by atoms with Crippen molar-refractivity contribution in [1.82, 2.24) is 9.97 Å². The highest BCUT2D eigenvalue weighted by molar-refractivity contribution is 5.95. The molecule has 3 aromatic rings. The molecule has 0 unspecified atom stereocenters. The van der Waals surface area contributed by atoms with Crippen molar-refractivity contribution in [3.8, 4) is 0 Å². The van der Waals surface area contributed by atoms with E-state index in [0.717, 1.165) is 24.8 Å². The first-order valence-electron chi connectivity index (χ1n) is 7.98. The van der Waals surface area contributed by atoms with Crippen molar-refractivity contribution >= 4 is 16.9 Å². The number of aromatic nitrogens is 2. The minimum atomic E-state index is -0.727. The van der Waals surface area contributed by atoms with E-state index >= 15 is 0 Å². The van der Waals surface area contributed by atoms with Gasteiger partial charge >= 0.3 is 0 Å². The molecule has 1 aromatic carbocycles. The summed E-state index contributed by atoms with van der Waals surface area (Å²) < 4.78 is 0. The van der Waals surface area contributed by atoms with Crippen LogP contribution in [0.2, 0.25) is 0 Å². The number of hydrogen-bond donors (Lipinski definition) is 2. The molecule has 0 aliphatic heterocycles. The van der Waals surface area contributed by atoms with E-state index in [9.17, 15) is 9.59 Å². The zero-order chi connectivity index (χ0) is 16.7. The fourth-order valence-corrected chi connectivity index (χ4v) is 3.57. The molecular weight excluding hydrogens is 302 g/mol. The number of nitrogens with one attached hydrogen (secondary N) is 1.